The summed E-state index contributed by atoms with van der Waals surface area (Å²) in [6.07, 6.45) is 9.33. The molecule has 3 aromatic carbocycles. The average molecular weight is 1080 g/mol. The van der Waals surface area contributed by atoms with Gasteiger partial charge in [-0.2, -0.15) is 0 Å². The monoisotopic (exact) mass is 1080 g/mol. The number of rotatable bonds is 20. The van der Waals surface area contributed by atoms with Crippen LogP contribution in [0.3, 0.4) is 0 Å². The largest absolute Gasteiger partial charge is 1.00 e. The molecular formula is C46H65AlHgLiO14. The first-order valence-electron chi connectivity index (χ1n) is 19.7. The van der Waals surface area contributed by atoms with E-state index in [1.807, 2.05) is 37.3 Å². The van der Waals surface area contributed by atoms with Crippen molar-refractivity contribution in [2.75, 3.05) is 46.2 Å². The van der Waals surface area contributed by atoms with E-state index < -0.39 is 37.4 Å². The number of carbonyl (C=O) groups excluding carboxylic acids is 2. The van der Waals surface area contributed by atoms with Crippen molar-refractivity contribution >= 4 is 41.2 Å². The van der Waals surface area contributed by atoms with Crippen LogP contribution in [0.4, 0.5) is 0 Å². The van der Waals surface area contributed by atoms with Crippen molar-refractivity contribution < 1.29 is 110 Å². The average Bonchev–Trinajstić information content (AvgIpc) is 3.81. The molecule has 1 aliphatic rings. The minimum absolute atomic E-state index is 0. The number of benzene rings is 3. The Morgan fingerprint density at radius 2 is 1.11 bits per heavy atom. The van der Waals surface area contributed by atoms with Crippen molar-refractivity contribution in [2.45, 2.75) is 72.3 Å². The Balaban J connectivity index is -0.000000225. The number of aliphatic hydroxyl groups excluding tert-OH is 2. The van der Waals surface area contributed by atoms with Crippen LogP contribution in [0, 0.1) is 0 Å². The summed E-state index contributed by atoms with van der Waals surface area (Å²) in [5.74, 6) is -2.56. The molecular weight excluding hydrogens is 1010 g/mol. The second-order valence-electron chi connectivity index (χ2n) is 12.5. The fourth-order valence-electron chi connectivity index (χ4n) is 4.62. The third kappa shape index (κ3) is 46.1. The van der Waals surface area contributed by atoms with Gasteiger partial charge in [0.15, 0.2) is 0 Å². The van der Waals surface area contributed by atoms with Crippen molar-refractivity contribution in [1.82, 2.24) is 0 Å². The van der Waals surface area contributed by atoms with Gasteiger partial charge in [0.1, 0.15) is 0 Å². The summed E-state index contributed by atoms with van der Waals surface area (Å²) in [6.45, 7) is 19.9. The van der Waals surface area contributed by atoms with Crippen molar-refractivity contribution in [3.05, 3.63) is 145 Å². The molecule has 0 aliphatic carbocycles. The van der Waals surface area contributed by atoms with E-state index in [0.717, 1.165) is 37.4 Å². The minimum Gasteiger partial charge on any atom is -1.00 e. The Kier molecular flexibility index (Phi) is 49.9. The van der Waals surface area contributed by atoms with Gasteiger partial charge in [0.25, 0.3) is 0 Å². The molecule has 0 spiro atoms. The summed E-state index contributed by atoms with van der Waals surface area (Å²) in [7, 11) is 0. The Morgan fingerprint density at radius 1 is 0.698 bits per heavy atom. The first-order chi connectivity index (χ1) is 29.3. The van der Waals surface area contributed by atoms with E-state index in [1.54, 1.807) is 30.3 Å². The van der Waals surface area contributed by atoms with Gasteiger partial charge in [0, 0.05) is 50.2 Å². The summed E-state index contributed by atoms with van der Waals surface area (Å²) < 4.78 is 29.0. The zero-order valence-corrected chi connectivity index (χ0v) is 44.2. The number of carbonyl (C=O) groups is 4. The Bertz CT molecular complexity index is 1560. The molecule has 0 aromatic heterocycles. The van der Waals surface area contributed by atoms with E-state index in [4.69, 9.17) is 34.6 Å². The van der Waals surface area contributed by atoms with Crippen molar-refractivity contribution in [3.8, 4) is 0 Å². The maximum atomic E-state index is 10.4. The molecule has 3 aromatic rings. The Hall–Kier alpha value is -3.74. The summed E-state index contributed by atoms with van der Waals surface area (Å²) in [5.41, 5.74) is 5.93. The third-order valence-corrected chi connectivity index (χ3v) is 11.3. The van der Waals surface area contributed by atoms with E-state index in [2.05, 4.69) is 48.0 Å². The molecule has 63 heavy (non-hydrogen) atoms. The van der Waals surface area contributed by atoms with Crippen molar-refractivity contribution in [3.63, 3.8) is 0 Å². The number of ether oxygens (including phenoxy) is 4. The second-order valence-corrected chi connectivity index (χ2v) is 15.6. The molecule has 339 valence electrons. The summed E-state index contributed by atoms with van der Waals surface area (Å²) in [5, 5.41) is 34.4. The van der Waals surface area contributed by atoms with Gasteiger partial charge < -0.3 is 40.8 Å². The molecule has 1 saturated heterocycles. The van der Waals surface area contributed by atoms with Gasteiger partial charge in [-0.3, -0.25) is 9.59 Å². The van der Waals surface area contributed by atoms with Crippen LogP contribution in [-0.4, -0.2) is 108 Å². The fraction of sp³-hybridized carbons (Fsp3) is 0.391. The maximum Gasteiger partial charge on any atom is 1.00 e. The van der Waals surface area contributed by atoms with Crippen molar-refractivity contribution in [1.29, 1.82) is 0 Å². The molecule has 0 atom stereocenters. The van der Waals surface area contributed by atoms with E-state index in [-0.39, 0.29) is 75.6 Å². The number of carboxylic acids is 2. The van der Waals surface area contributed by atoms with Gasteiger partial charge in [0.05, 0.1) is 51.8 Å². The van der Waals surface area contributed by atoms with Crippen LogP contribution in [0.25, 0.3) is 0 Å². The smallest absolute Gasteiger partial charge is 1.00 e. The van der Waals surface area contributed by atoms with Crippen LogP contribution in [0.2, 0.25) is 0 Å². The third-order valence-electron chi connectivity index (χ3n) is 7.25. The molecule has 4 N–H and O–H groups in total. The molecule has 0 saturated carbocycles. The molecule has 0 amide bonds. The molecule has 1 fully saturated rings. The summed E-state index contributed by atoms with van der Waals surface area (Å²) in [4.78, 5) is 40.9. The van der Waals surface area contributed by atoms with Crippen LogP contribution in [0.1, 0.15) is 68.4 Å². The first kappa shape index (κ1) is 65.9. The number of aliphatic carboxylic acids is 2. The van der Waals surface area contributed by atoms with Crippen molar-refractivity contribution in [2.24, 2.45) is 0 Å². The SMILES string of the molecule is C1CCOC1.C=CCOCc1cccc(CCOC=C)c1.C=COCC.CC(=O)[O][Hg][O]C(C)=O.O=C(O)Cc1cccc(CC(=O)O)c1.OCCc1cccc(CCO)c1.[Al].[H-].[Li+]. The normalized spacial score (nSPS) is 10.0. The van der Waals surface area contributed by atoms with E-state index in [1.165, 1.54) is 50.3 Å². The number of aliphatic hydroxyl groups is 2. The number of carboxylic acid groups (broad SMARTS) is 2. The van der Waals surface area contributed by atoms with Crippen LogP contribution in [-0.2, 0) is 108 Å². The summed E-state index contributed by atoms with van der Waals surface area (Å²) >= 11 is -2.04. The van der Waals surface area contributed by atoms with Gasteiger partial charge in [-0.05, 0) is 66.0 Å². The molecule has 3 radical (unpaired) electrons. The zero-order chi connectivity index (χ0) is 45.9. The van der Waals surface area contributed by atoms with E-state index >= 15 is 0 Å². The van der Waals surface area contributed by atoms with Gasteiger partial charge in [-0.15, -0.1) is 6.58 Å². The van der Waals surface area contributed by atoms with E-state index in [0.29, 0.717) is 43.8 Å². The standard InChI is InChI=1S/C14H18O2.C10H10O4.C10H14O2.2C4H8O.2C2H4O2.Al.Hg.Li.H/c1-3-9-16-12-14-7-5-6-13(11-14)8-10-15-4-2;11-9(12)5-7-2-1-3-8(4-7)6-10(13)14;11-6-4-9-2-1-3-10(8-9)5-7-12;1-2-4-5-3-1;1-3-5-4-2;2*1-2(3)4;;;;/h3-7,11H,1-2,8-10,12H2;1-4H,5-6H2,(H,11,12)(H,13,14);1-3,8,11-12H,4-7H2;1-4H2;3H,1,4H2,2H3;2*1H3,(H,3,4);;;;/q;;;;;;;;+2;+1;-1/p-2. The molecule has 1 aliphatic heterocycles. The topological polar surface area (TPSA) is 205 Å². The number of hydrogen-bond acceptors (Lipinski definition) is 12. The predicted molar refractivity (Wildman–Crippen MR) is 236 cm³/mol. The Morgan fingerprint density at radius 3 is 1.46 bits per heavy atom. The second kappa shape index (κ2) is 47.7. The maximum absolute atomic E-state index is 10.4. The van der Waals surface area contributed by atoms with Gasteiger partial charge in [0.2, 0.25) is 0 Å². The molecule has 0 unspecified atom stereocenters. The Labute approximate surface area is 411 Å². The van der Waals surface area contributed by atoms with Crippen LogP contribution in [0.15, 0.2) is 111 Å². The summed E-state index contributed by atoms with van der Waals surface area (Å²) in [6, 6.07) is 22.9. The minimum atomic E-state index is -2.04. The van der Waals surface area contributed by atoms with Crippen LogP contribution in [0.5, 0.6) is 0 Å². The molecule has 0 bridgehead atoms. The zero-order valence-electron chi connectivity index (χ0n) is 38.5. The first-order valence-corrected chi connectivity index (χ1v) is 24.2. The molecule has 14 nitrogen and oxygen atoms in total. The van der Waals surface area contributed by atoms with Gasteiger partial charge in [-0.1, -0.05) is 92.0 Å². The molecule has 1 heterocycles. The predicted octanol–water partition coefficient (Wildman–Crippen LogP) is 3.51. The molecule has 17 heteroatoms. The molecule has 4 rings (SSSR count). The van der Waals surface area contributed by atoms with Crippen LogP contribution >= 0.6 is 0 Å². The van der Waals surface area contributed by atoms with Crippen LogP contribution < -0.4 is 18.9 Å². The number of hydrogen-bond donors (Lipinski definition) is 4. The van der Waals surface area contributed by atoms with E-state index in [9.17, 15) is 19.2 Å². The van der Waals surface area contributed by atoms with Gasteiger partial charge >= 0.3 is 97.0 Å². The fourth-order valence-corrected chi connectivity index (χ4v) is 6.14. The van der Waals surface area contributed by atoms with Gasteiger partial charge in [-0.25, -0.2) is 0 Å². The quantitative estimate of drug-likeness (QED) is 0.0554.